The second kappa shape index (κ2) is 6.95. The van der Waals surface area contributed by atoms with Gasteiger partial charge < -0.3 is 19.5 Å². The standard InChI is InChI=1S/C16H15N3O5/c1-22-16(21)24-14-7-12(18-9-19-14)15(20)17-8-10-2-3-13-11(6-10)4-5-23-13/h2-3,6-7,9H,4-5,8H2,1H3,(H,17,20). The summed E-state index contributed by atoms with van der Waals surface area (Å²) in [6.07, 6.45) is 1.09. The van der Waals surface area contributed by atoms with Crippen LogP contribution in [-0.2, 0) is 17.7 Å². The average Bonchev–Trinajstić information content (AvgIpc) is 3.07. The molecule has 1 N–H and O–H groups in total. The van der Waals surface area contributed by atoms with Crippen LogP contribution in [0.15, 0.2) is 30.6 Å². The number of amides is 1. The minimum absolute atomic E-state index is 0.0586. The Labute approximate surface area is 137 Å². The van der Waals surface area contributed by atoms with Crippen LogP contribution >= 0.6 is 0 Å². The highest BCUT2D eigenvalue weighted by molar-refractivity contribution is 5.92. The normalized spacial score (nSPS) is 12.0. The second-order valence-electron chi connectivity index (χ2n) is 5.02. The number of nitrogens with one attached hydrogen (secondary N) is 1. The number of rotatable bonds is 4. The summed E-state index contributed by atoms with van der Waals surface area (Å²) in [5.41, 5.74) is 2.19. The summed E-state index contributed by atoms with van der Waals surface area (Å²) < 4.78 is 14.6. The third-order valence-corrected chi connectivity index (χ3v) is 3.44. The van der Waals surface area contributed by atoms with E-state index in [1.807, 2.05) is 18.2 Å². The van der Waals surface area contributed by atoms with Crippen molar-refractivity contribution in [1.82, 2.24) is 15.3 Å². The van der Waals surface area contributed by atoms with Crippen molar-refractivity contribution in [2.75, 3.05) is 13.7 Å². The minimum atomic E-state index is -0.916. The van der Waals surface area contributed by atoms with Gasteiger partial charge in [0, 0.05) is 19.0 Å². The lowest BCUT2D eigenvalue weighted by atomic mass is 10.1. The Morgan fingerprint density at radius 1 is 1.29 bits per heavy atom. The highest BCUT2D eigenvalue weighted by Gasteiger charge is 2.14. The first-order valence-electron chi connectivity index (χ1n) is 7.26. The van der Waals surface area contributed by atoms with Crippen LogP contribution in [-0.4, -0.2) is 35.7 Å². The second-order valence-corrected chi connectivity index (χ2v) is 5.02. The number of fused-ring (bicyclic) bond motifs is 1. The smallest absolute Gasteiger partial charge is 0.493 e. The molecule has 2 heterocycles. The van der Waals surface area contributed by atoms with Gasteiger partial charge in [0.25, 0.3) is 5.91 Å². The highest BCUT2D eigenvalue weighted by Crippen LogP contribution is 2.25. The van der Waals surface area contributed by atoms with Gasteiger partial charge in [0.15, 0.2) is 0 Å². The maximum Gasteiger partial charge on any atom is 0.514 e. The summed E-state index contributed by atoms with van der Waals surface area (Å²) in [4.78, 5) is 30.8. The Morgan fingerprint density at radius 2 is 2.17 bits per heavy atom. The molecule has 0 radical (unpaired) electrons. The number of nitrogens with zero attached hydrogens (tertiary/aromatic N) is 2. The topological polar surface area (TPSA) is 99.6 Å². The Balaban J connectivity index is 1.62. The van der Waals surface area contributed by atoms with E-state index < -0.39 is 12.1 Å². The lowest BCUT2D eigenvalue weighted by Gasteiger charge is -2.07. The van der Waals surface area contributed by atoms with Gasteiger partial charge in [-0.3, -0.25) is 4.79 Å². The third kappa shape index (κ3) is 3.60. The molecule has 0 aliphatic carbocycles. The number of benzene rings is 1. The largest absolute Gasteiger partial charge is 0.514 e. The van der Waals surface area contributed by atoms with Crippen molar-refractivity contribution in [2.24, 2.45) is 0 Å². The van der Waals surface area contributed by atoms with E-state index in [1.165, 1.54) is 13.2 Å². The van der Waals surface area contributed by atoms with E-state index in [9.17, 15) is 9.59 Å². The lowest BCUT2D eigenvalue weighted by Crippen LogP contribution is -2.24. The van der Waals surface area contributed by atoms with Gasteiger partial charge in [-0.25, -0.2) is 14.8 Å². The molecule has 2 aromatic rings. The molecule has 8 nitrogen and oxygen atoms in total. The van der Waals surface area contributed by atoms with Crippen LogP contribution in [0, 0.1) is 0 Å². The van der Waals surface area contributed by atoms with Crippen LogP contribution in [0.5, 0.6) is 11.6 Å². The van der Waals surface area contributed by atoms with Crippen molar-refractivity contribution in [3.63, 3.8) is 0 Å². The zero-order chi connectivity index (χ0) is 16.9. The van der Waals surface area contributed by atoms with Gasteiger partial charge in [-0.15, -0.1) is 0 Å². The summed E-state index contributed by atoms with van der Waals surface area (Å²) in [6, 6.07) is 7.07. The van der Waals surface area contributed by atoms with Crippen LogP contribution in [0.3, 0.4) is 0 Å². The number of carbonyl (C=O) groups is 2. The van der Waals surface area contributed by atoms with Crippen molar-refractivity contribution in [3.8, 4) is 11.6 Å². The van der Waals surface area contributed by atoms with Crippen molar-refractivity contribution in [3.05, 3.63) is 47.4 Å². The van der Waals surface area contributed by atoms with Gasteiger partial charge >= 0.3 is 6.16 Å². The molecule has 0 unspecified atom stereocenters. The Morgan fingerprint density at radius 3 is 3.00 bits per heavy atom. The van der Waals surface area contributed by atoms with Crippen molar-refractivity contribution in [2.45, 2.75) is 13.0 Å². The monoisotopic (exact) mass is 329 g/mol. The predicted octanol–water partition coefficient (Wildman–Crippen LogP) is 1.49. The first-order valence-corrected chi connectivity index (χ1v) is 7.26. The SMILES string of the molecule is COC(=O)Oc1cc(C(=O)NCc2ccc3c(c2)CCO3)ncn1. The summed E-state index contributed by atoms with van der Waals surface area (Å²) in [7, 11) is 1.18. The fourth-order valence-electron chi connectivity index (χ4n) is 2.27. The van der Waals surface area contributed by atoms with E-state index in [2.05, 4.69) is 20.0 Å². The molecule has 3 rings (SSSR count). The van der Waals surface area contributed by atoms with Crippen LogP contribution in [0.1, 0.15) is 21.6 Å². The summed E-state index contributed by atoms with van der Waals surface area (Å²) in [5.74, 6) is 0.436. The van der Waals surface area contributed by atoms with Crippen molar-refractivity contribution >= 4 is 12.1 Å². The summed E-state index contributed by atoms with van der Waals surface area (Å²) >= 11 is 0. The first-order chi connectivity index (χ1) is 11.7. The molecule has 0 bridgehead atoms. The summed E-state index contributed by atoms with van der Waals surface area (Å²) in [6.45, 7) is 1.04. The molecular weight excluding hydrogens is 314 g/mol. The highest BCUT2D eigenvalue weighted by atomic mass is 16.7. The van der Waals surface area contributed by atoms with Crippen molar-refractivity contribution in [1.29, 1.82) is 0 Å². The number of ether oxygens (including phenoxy) is 3. The van der Waals surface area contributed by atoms with E-state index in [0.717, 1.165) is 29.6 Å². The molecule has 0 saturated heterocycles. The zero-order valence-corrected chi connectivity index (χ0v) is 12.9. The number of aromatic nitrogens is 2. The van der Waals surface area contributed by atoms with E-state index in [4.69, 9.17) is 9.47 Å². The maximum absolute atomic E-state index is 12.2. The van der Waals surface area contributed by atoms with Gasteiger partial charge in [-0.2, -0.15) is 0 Å². The van der Waals surface area contributed by atoms with Crippen LogP contribution in [0.25, 0.3) is 0 Å². The molecule has 1 aromatic heterocycles. The Kier molecular flexibility index (Phi) is 4.55. The Hall–Kier alpha value is -3.16. The molecule has 8 heteroatoms. The Bertz CT molecular complexity index is 778. The van der Waals surface area contributed by atoms with Crippen LogP contribution < -0.4 is 14.8 Å². The molecule has 1 aromatic carbocycles. The van der Waals surface area contributed by atoms with E-state index in [1.54, 1.807) is 0 Å². The molecule has 124 valence electrons. The molecule has 0 saturated carbocycles. The third-order valence-electron chi connectivity index (χ3n) is 3.44. The number of carbonyl (C=O) groups excluding carboxylic acids is 2. The van der Waals surface area contributed by atoms with Gasteiger partial charge in [0.05, 0.1) is 13.7 Å². The van der Waals surface area contributed by atoms with Gasteiger partial charge in [-0.05, 0) is 17.2 Å². The molecule has 1 amide bonds. The van der Waals surface area contributed by atoms with Crippen molar-refractivity contribution < 1.29 is 23.8 Å². The van der Waals surface area contributed by atoms with E-state index in [0.29, 0.717) is 13.2 Å². The number of methoxy groups -OCH3 is 1. The minimum Gasteiger partial charge on any atom is -0.493 e. The van der Waals surface area contributed by atoms with E-state index in [-0.39, 0.29) is 11.6 Å². The lowest BCUT2D eigenvalue weighted by molar-refractivity contribution is 0.0942. The molecule has 0 spiro atoms. The van der Waals surface area contributed by atoms with Crippen LogP contribution in [0.2, 0.25) is 0 Å². The molecule has 1 aliphatic rings. The number of hydrogen-bond acceptors (Lipinski definition) is 7. The fraction of sp³-hybridized carbons (Fsp3) is 0.250. The molecule has 24 heavy (non-hydrogen) atoms. The average molecular weight is 329 g/mol. The van der Waals surface area contributed by atoms with E-state index >= 15 is 0 Å². The molecule has 1 aliphatic heterocycles. The fourth-order valence-corrected chi connectivity index (χ4v) is 2.27. The predicted molar refractivity (Wildman–Crippen MR) is 81.9 cm³/mol. The van der Waals surface area contributed by atoms with Gasteiger partial charge in [-0.1, -0.05) is 12.1 Å². The van der Waals surface area contributed by atoms with Crippen LogP contribution in [0.4, 0.5) is 4.79 Å². The zero-order valence-electron chi connectivity index (χ0n) is 12.9. The molecular formula is C16H15N3O5. The summed E-state index contributed by atoms with van der Waals surface area (Å²) in [5, 5.41) is 2.76. The van der Waals surface area contributed by atoms with Gasteiger partial charge in [0.2, 0.25) is 5.88 Å². The molecule has 0 fully saturated rings. The van der Waals surface area contributed by atoms with Gasteiger partial charge in [0.1, 0.15) is 17.8 Å². The first kappa shape index (κ1) is 15.7. The maximum atomic E-state index is 12.2. The molecule has 0 atom stereocenters. The number of hydrogen-bond donors (Lipinski definition) is 1. The quantitative estimate of drug-likeness (QED) is 0.848.